The smallest absolute Gasteiger partial charge is 0.344 e. The first kappa shape index (κ1) is 21.0. The zero-order chi connectivity index (χ0) is 20.5. The topological polar surface area (TPSA) is 90.9 Å². The molecule has 0 bridgehead atoms. The Morgan fingerprint density at radius 2 is 1.57 bits per heavy atom. The van der Waals surface area contributed by atoms with Crippen molar-refractivity contribution in [3.05, 3.63) is 54.1 Å². The van der Waals surface area contributed by atoms with Gasteiger partial charge < -0.3 is 19.5 Å². The number of nitrogens with one attached hydrogen (secondary N) is 1. The number of amides is 1. The molecule has 7 heteroatoms. The summed E-state index contributed by atoms with van der Waals surface area (Å²) in [5.41, 5.74) is 0.752. The quantitative estimate of drug-likeness (QED) is 0.526. The molecule has 0 heterocycles. The molecule has 0 radical (unpaired) electrons. The maximum atomic E-state index is 12.2. The van der Waals surface area contributed by atoms with Crippen LogP contribution in [0.3, 0.4) is 0 Å². The van der Waals surface area contributed by atoms with E-state index in [9.17, 15) is 14.4 Å². The summed E-state index contributed by atoms with van der Waals surface area (Å²) in [6.07, 6.45) is -1.04. The highest BCUT2D eigenvalue weighted by atomic mass is 16.6. The van der Waals surface area contributed by atoms with E-state index in [1.807, 2.05) is 6.92 Å². The third-order valence-electron chi connectivity index (χ3n) is 3.73. The molecule has 148 valence electrons. The molecule has 0 aliphatic carbocycles. The second kappa shape index (κ2) is 10.1. The molecule has 0 aliphatic rings. The van der Waals surface area contributed by atoms with E-state index in [1.165, 1.54) is 13.8 Å². The summed E-state index contributed by atoms with van der Waals surface area (Å²) in [5, 5.41) is 2.60. The van der Waals surface area contributed by atoms with Crippen molar-refractivity contribution in [2.75, 3.05) is 18.5 Å². The monoisotopic (exact) mass is 385 g/mol. The lowest BCUT2D eigenvalue weighted by Gasteiger charge is -2.15. The van der Waals surface area contributed by atoms with Crippen LogP contribution in [0.1, 0.15) is 31.1 Å². The Morgan fingerprint density at radius 1 is 0.964 bits per heavy atom. The first-order chi connectivity index (χ1) is 13.4. The zero-order valence-electron chi connectivity index (χ0n) is 16.1. The molecule has 0 aliphatic heterocycles. The number of ether oxygens (including phenoxy) is 3. The molecule has 2 rings (SSSR count). The van der Waals surface area contributed by atoms with Crippen molar-refractivity contribution in [1.82, 2.24) is 0 Å². The Labute approximate surface area is 163 Å². The third-order valence-corrected chi connectivity index (χ3v) is 3.73. The number of hydrogen-bond donors (Lipinski definition) is 1. The largest absolute Gasteiger partial charge is 0.494 e. The minimum Gasteiger partial charge on any atom is -0.494 e. The van der Waals surface area contributed by atoms with Gasteiger partial charge in [-0.15, -0.1) is 0 Å². The number of benzene rings is 2. The van der Waals surface area contributed by atoms with Gasteiger partial charge in [0, 0.05) is 5.56 Å². The molecule has 0 saturated heterocycles. The standard InChI is InChI=1S/C21H23NO6/c1-4-26-16-9-11-17(12-10-16)27-13-20(24)28-15(3)21(25)22-19-8-6-5-7-18(19)14(2)23/h5-12,15H,4,13H2,1-3H3,(H,22,25). The molecule has 1 unspecified atom stereocenters. The normalized spacial score (nSPS) is 11.2. The molecule has 0 saturated carbocycles. The molecule has 28 heavy (non-hydrogen) atoms. The fraction of sp³-hybridized carbons (Fsp3) is 0.286. The average Bonchev–Trinajstić information content (AvgIpc) is 2.68. The van der Waals surface area contributed by atoms with Gasteiger partial charge in [0.2, 0.25) is 0 Å². The van der Waals surface area contributed by atoms with Crippen LogP contribution in [0.5, 0.6) is 11.5 Å². The maximum absolute atomic E-state index is 12.2. The van der Waals surface area contributed by atoms with Crippen molar-refractivity contribution < 1.29 is 28.6 Å². The number of hydrogen-bond acceptors (Lipinski definition) is 6. The van der Waals surface area contributed by atoms with E-state index in [0.717, 1.165) is 0 Å². The second-order valence-electron chi connectivity index (χ2n) is 5.92. The third kappa shape index (κ3) is 6.12. The molecule has 7 nitrogen and oxygen atoms in total. The van der Waals surface area contributed by atoms with Gasteiger partial charge in [-0.05, 0) is 57.2 Å². The van der Waals surface area contributed by atoms with Gasteiger partial charge in [-0.1, -0.05) is 12.1 Å². The zero-order valence-corrected chi connectivity index (χ0v) is 16.1. The number of anilines is 1. The highest BCUT2D eigenvalue weighted by molar-refractivity contribution is 6.04. The summed E-state index contributed by atoms with van der Waals surface area (Å²) < 4.78 is 15.8. The van der Waals surface area contributed by atoms with Crippen molar-refractivity contribution >= 4 is 23.3 Å². The van der Waals surface area contributed by atoms with Crippen molar-refractivity contribution in [2.24, 2.45) is 0 Å². The number of esters is 1. The van der Waals surface area contributed by atoms with Crippen LogP contribution < -0.4 is 14.8 Å². The van der Waals surface area contributed by atoms with Gasteiger partial charge in [-0.2, -0.15) is 0 Å². The molecular weight excluding hydrogens is 362 g/mol. The Morgan fingerprint density at radius 3 is 2.18 bits per heavy atom. The lowest BCUT2D eigenvalue weighted by atomic mass is 10.1. The summed E-state index contributed by atoms with van der Waals surface area (Å²) in [6, 6.07) is 13.4. The van der Waals surface area contributed by atoms with Crippen LogP contribution in [-0.4, -0.2) is 37.0 Å². The Balaban J connectivity index is 1.84. The van der Waals surface area contributed by atoms with Gasteiger partial charge in [0.15, 0.2) is 18.5 Å². The van der Waals surface area contributed by atoms with Crippen LogP contribution in [-0.2, 0) is 14.3 Å². The van der Waals surface area contributed by atoms with Gasteiger partial charge in [-0.3, -0.25) is 9.59 Å². The number of carbonyl (C=O) groups is 3. The van der Waals surface area contributed by atoms with E-state index in [2.05, 4.69) is 5.32 Å². The van der Waals surface area contributed by atoms with Crippen LogP contribution in [0.25, 0.3) is 0 Å². The molecule has 0 fully saturated rings. The van der Waals surface area contributed by atoms with Gasteiger partial charge in [0.05, 0.1) is 12.3 Å². The molecule has 2 aromatic carbocycles. The van der Waals surface area contributed by atoms with Crippen molar-refractivity contribution in [2.45, 2.75) is 26.9 Å². The summed E-state index contributed by atoms with van der Waals surface area (Å²) >= 11 is 0. The SMILES string of the molecule is CCOc1ccc(OCC(=O)OC(C)C(=O)Nc2ccccc2C(C)=O)cc1. The fourth-order valence-electron chi connectivity index (χ4n) is 2.36. The number of carbonyl (C=O) groups excluding carboxylic acids is 3. The maximum Gasteiger partial charge on any atom is 0.344 e. The average molecular weight is 385 g/mol. The van der Waals surface area contributed by atoms with Crippen molar-refractivity contribution in [3.63, 3.8) is 0 Å². The fourth-order valence-corrected chi connectivity index (χ4v) is 2.36. The number of rotatable bonds is 9. The summed E-state index contributed by atoms with van der Waals surface area (Å²) in [6.45, 7) is 4.96. The van der Waals surface area contributed by atoms with E-state index in [4.69, 9.17) is 14.2 Å². The predicted molar refractivity (Wildman–Crippen MR) is 104 cm³/mol. The van der Waals surface area contributed by atoms with Crippen LogP contribution >= 0.6 is 0 Å². The Bertz CT molecular complexity index is 831. The summed E-state index contributed by atoms with van der Waals surface area (Å²) in [5.74, 6) is -0.217. The number of Topliss-reactive ketones (excluding diaryl/α,β-unsaturated/α-hetero) is 1. The lowest BCUT2D eigenvalue weighted by molar-refractivity contribution is -0.155. The molecule has 1 atom stereocenters. The number of para-hydroxylation sites is 1. The summed E-state index contributed by atoms with van der Waals surface area (Å²) in [7, 11) is 0. The van der Waals surface area contributed by atoms with Crippen molar-refractivity contribution in [3.8, 4) is 11.5 Å². The molecular formula is C21H23NO6. The highest BCUT2D eigenvalue weighted by Gasteiger charge is 2.20. The van der Waals surface area contributed by atoms with Crippen molar-refractivity contribution in [1.29, 1.82) is 0 Å². The highest BCUT2D eigenvalue weighted by Crippen LogP contribution is 2.18. The first-order valence-electron chi connectivity index (χ1n) is 8.86. The molecule has 0 aromatic heterocycles. The molecule has 1 N–H and O–H groups in total. The minimum absolute atomic E-state index is 0.177. The van der Waals surface area contributed by atoms with E-state index < -0.39 is 18.0 Å². The van der Waals surface area contributed by atoms with E-state index in [-0.39, 0.29) is 12.4 Å². The summed E-state index contributed by atoms with van der Waals surface area (Å²) in [4.78, 5) is 35.8. The first-order valence-corrected chi connectivity index (χ1v) is 8.86. The Kier molecular flexibility index (Phi) is 7.56. The van der Waals surface area contributed by atoms with Gasteiger partial charge in [0.1, 0.15) is 11.5 Å². The van der Waals surface area contributed by atoms with Crippen LogP contribution in [0.15, 0.2) is 48.5 Å². The molecule has 2 aromatic rings. The number of ketones is 1. The van der Waals surface area contributed by atoms with Crippen LogP contribution in [0, 0.1) is 0 Å². The van der Waals surface area contributed by atoms with E-state index in [0.29, 0.717) is 29.4 Å². The molecule has 0 spiro atoms. The minimum atomic E-state index is -1.04. The molecule has 1 amide bonds. The van der Waals surface area contributed by atoms with Gasteiger partial charge in [-0.25, -0.2) is 4.79 Å². The second-order valence-corrected chi connectivity index (χ2v) is 5.92. The van der Waals surface area contributed by atoms with Crippen LogP contribution in [0.4, 0.5) is 5.69 Å². The Hall–Kier alpha value is -3.35. The van der Waals surface area contributed by atoms with E-state index >= 15 is 0 Å². The lowest BCUT2D eigenvalue weighted by Crippen LogP contribution is -2.32. The predicted octanol–water partition coefficient (Wildman–Crippen LogP) is 3.24. The van der Waals surface area contributed by atoms with Gasteiger partial charge in [0.25, 0.3) is 5.91 Å². The van der Waals surface area contributed by atoms with Gasteiger partial charge >= 0.3 is 5.97 Å². The van der Waals surface area contributed by atoms with E-state index in [1.54, 1.807) is 48.5 Å². The van der Waals surface area contributed by atoms with Crippen LogP contribution in [0.2, 0.25) is 0 Å².